The van der Waals surface area contributed by atoms with Crippen LogP contribution in [-0.2, 0) is 11.3 Å². The van der Waals surface area contributed by atoms with Gasteiger partial charge in [-0.2, -0.15) is 0 Å². The Labute approximate surface area is 102 Å². The van der Waals surface area contributed by atoms with E-state index in [0.717, 1.165) is 31.5 Å². The Morgan fingerprint density at radius 1 is 1.53 bits per heavy atom. The molecule has 1 unspecified atom stereocenters. The minimum Gasteiger partial charge on any atom is -0.349 e. The summed E-state index contributed by atoms with van der Waals surface area (Å²) in [6.07, 6.45) is 4.91. The fourth-order valence-electron chi connectivity index (χ4n) is 2.12. The minimum absolute atomic E-state index is 0.0721. The standard InChI is InChI=1S/C13H19N3O/c1-13(7-3-5-9-16-13)12(17)15-10-11-6-2-4-8-14-11/h2,4,6,8,16H,3,5,7,9-10H2,1H3,(H,15,17). The molecule has 0 bridgehead atoms. The molecule has 0 saturated carbocycles. The lowest BCUT2D eigenvalue weighted by Crippen LogP contribution is -2.56. The highest BCUT2D eigenvalue weighted by atomic mass is 16.2. The Kier molecular flexibility index (Phi) is 3.74. The molecule has 4 heteroatoms. The average molecular weight is 233 g/mol. The van der Waals surface area contributed by atoms with Crippen LogP contribution < -0.4 is 10.6 Å². The van der Waals surface area contributed by atoms with Crippen LogP contribution in [0, 0.1) is 0 Å². The number of hydrogen-bond donors (Lipinski definition) is 2. The molecule has 1 aromatic heterocycles. The van der Waals surface area contributed by atoms with Crippen molar-refractivity contribution in [2.24, 2.45) is 0 Å². The zero-order chi connectivity index (χ0) is 12.1. The number of hydrogen-bond acceptors (Lipinski definition) is 3. The van der Waals surface area contributed by atoms with E-state index in [1.807, 2.05) is 25.1 Å². The molecule has 0 aromatic carbocycles. The van der Waals surface area contributed by atoms with Crippen molar-refractivity contribution < 1.29 is 4.79 Å². The first-order valence-corrected chi connectivity index (χ1v) is 6.14. The second-order valence-corrected chi connectivity index (χ2v) is 4.72. The average Bonchev–Trinajstić information content (AvgIpc) is 2.38. The molecule has 1 aromatic rings. The van der Waals surface area contributed by atoms with Gasteiger partial charge in [0.25, 0.3) is 0 Å². The second kappa shape index (κ2) is 5.27. The molecular weight excluding hydrogens is 214 g/mol. The van der Waals surface area contributed by atoms with Crippen molar-refractivity contribution in [1.82, 2.24) is 15.6 Å². The quantitative estimate of drug-likeness (QED) is 0.825. The van der Waals surface area contributed by atoms with Gasteiger partial charge in [-0.25, -0.2) is 0 Å². The summed E-state index contributed by atoms with van der Waals surface area (Å²) in [5.41, 5.74) is 0.479. The predicted molar refractivity (Wildman–Crippen MR) is 66.3 cm³/mol. The molecule has 0 radical (unpaired) electrons. The smallest absolute Gasteiger partial charge is 0.240 e. The van der Waals surface area contributed by atoms with E-state index >= 15 is 0 Å². The third-order valence-corrected chi connectivity index (χ3v) is 3.28. The van der Waals surface area contributed by atoms with Gasteiger partial charge in [-0.3, -0.25) is 9.78 Å². The van der Waals surface area contributed by atoms with Crippen LogP contribution in [0.15, 0.2) is 24.4 Å². The van der Waals surface area contributed by atoms with Crippen LogP contribution in [0.4, 0.5) is 0 Å². The monoisotopic (exact) mass is 233 g/mol. The first-order valence-electron chi connectivity index (χ1n) is 6.14. The molecule has 0 spiro atoms. The third-order valence-electron chi connectivity index (χ3n) is 3.28. The van der Waals surface area contributed by atoms with Gasteiger partial charge in [-0.05, 0) is 44.9 Å². The van der Waals surface area contributed by atoms with Crippen LogP contribution in [0.1, 0.15) is 31.9 Å². The topological polar surface area (TPSA) is 54.0 Å². The maximum Gasteiger partial charge on any atom is 0.240 e. The zero-order valence-electron chi connectivity index (χ0n) is 10.2. The highest BCUT2D eigenvalue weighted by molar-refractivity contribution is 5.85. The molecule has 0 aliphatic carbocycles. The van der Waals surface area contributed by atoms with Crippen LogP contribution >= 0.6 is 0 Å². The van der Waals surface area contributed by atoms with E-state index in [0.29, 0.717) is 6.54 Å². The Hall–Kier alpha value is -1.42. The van der Waals surface area contributed by atoms with Gasteiger partial charge in [0.05, 0.1) is 17.8 Å². The summed E-state index contributed by atoms with van der Waals surface area (Å²) < 4.78 is 0. The van der Waals surface area contributed by atoms with E-state index in [1.54, 1.807) is 6.20 Å². The van der Waals surface area contributed by atoms with E-state index in [1.165, 1.54) is 0 Å². The third kappa shape index (κ3) is 3.03. The van der Waals surface area contributed by atoms with E-state index in [-0.39, 0.29) is 5.91 Å². The van der Waals surface area contributed by atoms with Crippen molar-refractivity contribution in [3.05, 3.63) is 30.1 Å². The summed E-state index contributed by atoms with van der Waals surface area (Å²) in [5.74, 6) is 0.0721. The van der Waals surface area contributed by atoms with Crippen molar-refractivity contribution in [3.8, 4) is 0 Å². The van der Waals surface area contributed by atoms with E-state index in [4.69, 9.17) is 0 Å². The van der Waals surface area contributed by atoms with Crippen molar-refractivity contribution in [2.45, 2.75) is 38.3 Å². The van der Waals surface area contributed by atoms with Gasteiger partial charge in [-0.1, -0.05) is 6.07 Å². The number of carbonyl (C=O) groups excluding carboxylic acids is 1. The highest BCUT2D eigenvalue weighted by Crippen LogP contribution is 2.18. The SMILES string of the molecule is CC1(C(=O)NCc2ccccn2)CCCCN1. The highest BCUT2D eigenvalue weighted by Gasteiger charge is 2.33. The van der Waals surface area contributed by atoms with Gasteiger partial charge < -0.3 is 10.6 Å². The van der Waals surface area contributed by atoms with E-state index < -0.39 is 5.54 Å². The normalized spacial score (nSPS) is 24.3. The van der Waals surface area contributed by atoms with Crippen LogP contribution in [0.25, 0.3) is 0 Å². The predicted octanol–water partition coefficient (Wildman–Crippen LogP) is 1.23. The largest absolute Gasteiger partial charge is 0.349 e. The lowest BCUT2D eigenvalue weighted by molar-refractivity contribution is -0.128. The fourth-order valence-corrected chi connectivity index (χ4v) is 2.12. The fraction of sp³-hybridized carbons (Fsp3) is 0.538. The molecule has 4 nitrogen and oxygen atoms in total. The van der Waals surface area contributed by atoms with Crippen LogP contribution in [0.5, 0.6) is 0 Å². The maximum atomic E-state index is 12.1. The molecule has 1 amide bonds. The first-order chi connectivity index (χ1) is 8.21. The molecule has 2 rings (SSSR count). The zero-order valence-corrected chi connectivity index (χ0v) is 10.2. The Morgan fingerprint density at radius 3 is 3.06 bits per heavy atom. The van der Waals surface area contributed by atoms with E-state index in [9.17, 15) is 4.79 Å². The first kappa shape index (κ1) is 12.0. The summed E-state index contributed by atoms with van der Waals surface area (Å²) in [7, 11) is 0. The molecule has 1 aliphatic heterocycles. The van der Waals surface area contributed by atoms with Crippen LogP contribution in [-0.4, -0.2) is 23.0 Å². The number of aromatic nitrogens is 1. The number of amides is 1. The van der Waals surface area contributed by atoms with Crippen LogP contribution in [0.2, 0.25) is 0 Å². The molecule has 17 heavy (non-hydrogen) atoms. The minimum atomic E-state index is -0.410. The van der Waals surface area contributed by atoms with E-state index in [2.05, 4.69) is 15.6 Å². The van der Waals surface area contributed by atoms with Gasteiger partial charge in [0, 0.05) is 6.20 Å². The number of nitrogens with one attached hydrogen (secondary N) is 2. The van der Waals surface area contributed by atoms with Crippen molar-refractivity contribution in [2.75, 3.05) is 6.54 Å². The van der Waals surface area contributed by atoms with Gasteiger partial charge in [-0.15, -0.1) is 0 Å². The van der Waals surface area contributed by atoms with Crippen molar-refractivity contribution >= 4 is 5.91 Å². The van der Waals surface area contributed by atoms with Gasteiger partial charge >= 0.3 is 0 Å². The summed E-state index contributed by atoms with van der Waals surface area (Å²) in [5, 5.41) is 6.24. The summed E-state index contributed by atoms with van der Waals surface area (Å²) in [6.45, 7) is 3.39. The molecule has 1 atom stereocenters. The number of rotatable bonds is 3. The summed E-state index contributed by atoms with van der Waals surface area (Å²) in [6, 6.07) is 5.71. The lowest BCUT2D eigenvalue weighted by atomic mass is 9.90. The lowest BCUT2D eigenvalue weighted by Gasteiger charge is -2.33. The summed E-state index contributed by atoms with van der Waals surface area (Å²) >= 11 is 0. The Balaban J connectivity index is 1.88. The van der Waals surface area contributed by atoms with Gasteiger partial charge in [0.15, 0.2) is 0 Å². The number of carbonyl (C=O) groups is 1. The van der Waals surface area contributed by atoms with Gasteiger partial charge in [0.1, 0.15) is 0 Å². The molecule has 1 saturated heterocycles. The molecular formula is C13H19N3O. The Bertz CT molecular complexity index is 372. The molecule has 2 heterocycles. The Morgan fingerprint density at radius 2 is 2.41 bits per heavy atom. The van der Waals surface area contributed by atoms with Crippen LogP contribution in [0.3, 0.4) is 0 Å². The summed E-state index contributed by atoms with van der Waals surface area (Å²) in [4.78, 5) is 16.3. The molecule has 2 N–H and O–H groups in total. The molecule has 92 valence electrons. The number of nitrogens with zero attached hydrogens (tertiary/aromatic N) is 1. The van der Waals surface area contributed by atoms with Gasteiger partial charge in [0.2, 0.25) is 5.91 Å². The maximum absolute atomic E-state index is 12.1. The number of piperidine rings is 1. The molecule has 1 fully saturated rings. The molecule has 1 aliphatic rings. The second-order valence-electron chi connectivity index (χ2n) is 4.72. The van der Waals surface area contributed by atoms with Crippen molar-refractivity contribution in [1.29, 1.82) is 0 Å². The number of pyridine rings is 1. The van der Waals surface area contributed by atoms with Crippen molar-refractivity contribution in [3.63, 3.8) is 0 Å².